The Bertz CT molecular complexity index is 259. The summed E-state index contributed by atoms with van der Waals surface area (Å²) in [6, 6.07) is 0. The molecule has 78 valence electrons. The Kier molecular flexibility index (Phi) is 3.10. The van der Waals surface area contributed by atoms with Crippen molar-refractivity contribution in [2.24, 2.45) is 0 Å². The van der Waals surface area contributed by atoms with Crippen molar-refractivity contribution in [1.29, 1.82) is 0 Å². The van der Waals surface area contributed by atoms with E-state index in [1.54, 1.807) is 0 Å². The van der Waals surface area contributed by atoms with Gasteiger partial charge in [0.05, 0.1) is 0 Å². The first-order valence-corrected chi connectivity index (χ1v) is 3.49. The highest BCUT2D eigenvalue weighted by Crippen LogP contribution is 2.04. The molecule has 1 aliphatic heterocycles. The van der Waals surface area contributed by atoms with E-state index in [2.05, 4.69) is 18.9 Å². The van der Waals surface area contributed by atoms with Crippen LogP contribution in [0.25, 0.3) is 0 Å². The van der Waals surface area contributed by atoms with E-state index in [4.69, 9.17) is 5.11 Å². The third-order valence-corrected chi connectivity index (χ3v) is 1.21. The van der Waals surface area contributed by atoms with Crippen molar-refractivity contribution >= 4 is 18.5 Å². The van der Waals surface area contributed by atoms with Gasteiger partial charge in [-0.1, -0.05) is 0 Å². The summed E-state index contributed by atoms with van der Waals surface area (Å²) in [5.74, 6) is 0. The van der Waals surface area contributed by atoms with Gasteiger partial charge in [0.2, 0.25) is 0 Å². The molecule has 8 heteroatoms. The molecule has 1 saturated heterocycles. The van der Waals surface area contributed by atoms with Gasteiger partial charge in [0, 0.05) is 0 Å². The first-order valence-electron chi connectivity index (χ1n) is 3.49. The van der Waals surface area contributed by atoms with Crippen LogP contribution in [0.15, 0.2) is 0 Å². The summed E-state index contributed by atoms with van der Waals surface area (Å²) >= 11 is 0. The second-order valence-electron chi connectivity index (χ2n) is 2.23. The molecule has 0 aromatic rings. The maximum absolute atomic E-state index is 10.6. The average molecular weight is 206 g/mol. The van der Waals surface area contributed by atoms with Gasteiger partial charge in [-0.05, 0) is 0 Å². The summed E-state index contributed by atoms with van der Waals surface area (Å²) in [7, 11) is 0. The Morgan fingerprint density at radius 1 is 1.50 bits per heavy atom. The minimum atomic E-state index is -1.52. The van der Waals surface area contributed by atoms with Crippen molar-refractivity contribution in [3.8, 4) is 0 Å². The fourth-order valence-corrected chi connectivity index (χ4v) is 0.699. The smallest absolute Gasteiger partial charge is 0.450 e. The second-order valence-corrected chi connectivity index (χ2v) is 2.23. The molecule has 0 aromatic heterocycles. The first kappa shape index (κ1) is 10.1. The van der Waals surface area contributed by atoms with Crippen LogP contribution in [0.4, 0.5) is 14.4 Å². The van der Waals surface area contributed by atoms with Crippen LogP contribution in [0.1, 0.15) is 0 Å². The van der Waals surface area contributed by atoms with Crippen LogP contribution >= 0.6 is 0 Å². The van der Waals surface area contributed by atoms with Gasteiger partial charge < -0.3 is 24.1 Å². The number of carboxylic acid groups (broad SMARTS) is 1. The molecule has 0 bridgehead atoms. The standard InChI is InChI=1S/C6H6O8/c7-4(8)11-1-3-2-12-5(9)14-6(10)13-3/h3H,1-2H2,(H,7,8). The zero-order valence-corrected chi connectivity index (χ0v) is 6.80. The normalized spacial score (nSPS) is 21.3. The molecule has 0 spiro atoms. The maximum Gasteiger partial charge on any atom is 0.519 e. The molecule has 1 N–H and O–H groups in total. The fourth-order valence-electron chi connectivity index (χ4n) is 0.699. The summed E-state index contributed by atoms with van der Waals surface area (Å²) in [6.45, 7) is -0.727. The Balaban J connectivity index is 2.41. The lowest BCUT2D eigenvalue weighted by Gasteiger charge is -2.10. The Morgan fingerprint density at radius 2 is 2.21 bits per heavy atom. The minimum absolute atomic E-state index is 0.308. The monoisotopic (exact) mass is 206 g/mol. The Hall–Kier alpha value is -1.99. The van der Waals surface area contributed by atoms with Crippen molar-refractivity contribution in [3.05, 3.63) is 0 Å². The number of carbonyl (C=O) groups is 3. The average Bonchev–Trinajstić information content (AvgIpc) is 2.23. The topological polar surface area (TPSA) is 108 Å². The molecular formula is C6H6O8. The van der Waals surface area contributed by atoms with Crippen LogP contribution in [0, 0.1) is 0 Å². The quantitative estimate of drug-likeness (QED) is 0.391. The Morgan fingerprint density at radius 3 is 2.86 bits per heavy atom. The molecule has 0 aliphatic carbocycles. The van der Waals surface area contributed by atoms with Crippen molar-refractivity contribution in [1.82, 2.24) is 0 Å². The van der Waals surface area contributed by atoms with Crippen molar-refractivity contribution in [2.45, 2.75) is 6.10 Å². The molecule has 0 radical (unpaired) electrons. The van der Waals surface area contributed by atoms with Crippen LogP contribution < -0.4 is 0 Å². The molecule has 1 heterocycles. The second kappa shape index (κ2) is 4.30. The summed E-state index contributed by atoms with van der Waals surface area (Å²) in [6.07, 6.45) is -4.93. The zero-order valence-electron chi connectivity index (χ0n) is 6.80. The summed E-state index contributed by atoms with van der Waals surface area (Å²) < 4.78 is 16.8. The number of ether oxygens (including phenoxy) is 4. The third-order valence-electron chi connectivity index (χ3n) is 1.21. The van der Waals surface area contributed by atoms with Crippen LogP contribution in [-0.2, 0) is 18.9 Å². The predicted octanol–water partition coefficient (Wildman–Crippen LogP) is 0.353. The van der Waals surface area contributed by atoms with E-state index in [-0.39, 0.29) is 6.61 Å². The van der Waals surface area contributed by atoms with Gasteiger partial charge in [0.25, 0.3) is 0 Å². The van der Waals surface area contributed by atoms with Gasteiger partial charge in [-0.15, -0.1) is 0 Å². The Labute approximate surface area is 77.3 Å². The van der Waals surface area contributed by atoms with Crippen molar-refractivity contribution < 1.29 is 38.4 Å². The van der Waals surface area contributed by atoms with Crippen molar-refractivity contribution in [3.63, 3.8) is 0 Å². The highest BCUT2D eigenvalue weighted by Gasteiger charge is 2.26. The van der Waals surface area contributed by atoms with Crippen LogP contribution in [0.5, 0.6) is 0 Å². The van der Waals surface area contributed by atoms with Gasteiger partial charge in [-0.3, -0.25) is 0 Å². The molecule has 8 nitrogen and oxygen atoms in total. The third kappa shape index (κ3) is 3.17. The van der Waals surface area contributed by atoms with E-state index in [0.29, 0.717) is 0 Å². The number of rotatable bonds is 2. The zero-order chi connectivity index (χ0) is 10.6. The molecule has 1 aliphatic rings. The number of carbonyl (C=O) groups excluding carboxylic acids is 2. The lowest BCUT2D eigenvalue weighted by atomic mass is 10.4. The number of hydrogen-bond acceptors (Lipinski definition) is 7. The summed E-state index contributed by atoms with van der Waals surface area (Å²) in [5, 5.41) is 8.13. The number of cyclic esters (lactones) is 4. The van der Waals surface area contributed by atoms with Gasteiger partial charge in [0.15, 0.2) is 6.10 Å². The molecule has 0 amide bonds. The highest BCUT2D eigenvalue weighted by molar-refractivity contribution is 5.77. The molecule has 14 heavy (non-hydrogen) atoms. The van der Waals surface area contributed by atoms with Crippen LogP contribution in [-0.4, -0.2) is 42.9 Å². The molecule has 1 unspecified atom stereocenters. The van der Waals surface area contributed by atoms with Gasteiger partial charge in [0.1, 0.15) is 13.2 Å². The summed E-state index contributed by atoms with van der Waals surface area (Å²) in [5.41, 5.74) is 0. The van der Waals surface area contributed by atoms with Gasteiger partial charge in [-0.2, -0.15) is 0 Å². The fraction of sp³-hybridized carbons (Fsp3) is 0.500. The van der Waals surface area contributed by atoms with Crippen molar-refractivity contribution in [2.75, 3.05) is 13.2 Å². The van der Waals surface area contributed by atoms with Crippen LogP contribution in [0.3, 0.4) is 0 Å². The molecule has 0 aromatic carbocycles. The van der Waals surface area contributed by atoms with E-state index in [1.807, 2.05) is 0 Å². The van der Waals surface area contributed by atoms with E-state index in [0.717, 1.165) is 0 Å². The molecule has 1 fully saturated rings. The van der Waals surface area contributed by atoms with E-state index in [9.17, 15) is 14.4 Å². The number of hydrogen-bond donors (Lipinski definition) is 1. The SMILES string of the molecule is O=C(O)OCC1COC(=O)OC(=O)O1. The lowest BCUT2D eigenvalue weighted by molar-refractivity contribution is 0.00535. The van der Waals surface area contributed by atoms with E-state index < -0.39 is 31.2 Å². The lowest BCUT2D eigenvalue weighted by Crippen LogP contribution is -2.26. The first-order chi connectivity index (χ1) is 6.58. The van der Waals surface area contributed by atoms with Gasteiger partial charge in [-0.25, -0.2) is 14.4 Å². The van der Waals surface area contributed by atoms with Gasteiger partial charge >= 0.3 is 18.5 Å². The van der Waals surface area contributed by atoms with Crippen LogP contribution in [0.2, 0.25) is 0 Å². The predicted molar refractivity (Wildman–Crippen MR) is 36.7 cm³/mol. The van der Waals surface area contributed by atoms with E-state index in [1.165, 1.54) is 0 Å². The highest BCUT2D eigenvalue weighted by atomic mass is 16.8. The maximum atomic E-state index is 10.6. The molecular weight excluding hydrogens is 200 g/mol. The molecule has 1 rings (SSSR count). The largest absolute Gasteiger partial charge is 0.519 e. The molecule has 0 saturated carbocycles. The molecule has 1 atom stereocenters. The summed E-state index contributed by atoms with van der Waals surface area (Å²) in [4.78, 5) is 31.0. The minimum Gasteiger partial charge on any atom is -0.450 e. The van der Waals surface area contributed by atoms with E-state index >= 15 is 0 Å².